The number of fused-ring (bicyclic) bond motifs is 2. The molecule has 5 fully saturated rings. The summed E-state index contributed by atoms with van der Waals surface area (Å²) in [5, 5.41) is 22.6. The number of anilines is 1. The number of piperidine rings is 4. The molecule has 1 aromatic carbocycles. The molecule has 4 saturated heterocycles. The fraction of sp³-hybridized carbons (Fsp3) is 0.700. The van der Waals surface area contributed by atoms with Crippen LogP contribution in [-0.4, -0.2) is 52.6 Å². The van der Waals surface area contributed by atoms with Gasteiger partial charge in [0.25, 0.3) is 0 Å². The molecule has 1 aromatic rings. The van der Waals surface area contributed by atoms with Gasteiger partial charge >= 0.3 is 0 Å². The first-order valence-corrected chi connectivity index (χ1v) is 9.57. The zero-order valence-electron chi connectivity index (χ0n) is 14.3. The van der Waals surface area contributed by atoms with Gasteiger partial charge in [-0.3, -0.25) is 4.90 Å². The van der Waals surface area contributed by atoms with E-state index in [9.17, 15) is 10.2 Å². The van der Waals surface area contributed by atoms with Crippen LogP contribution in [0.5, 0.6) is 0 Å². The van der Waals surface area contributed by atoms with Crippen LogP contribution < -0.4 is 4.90 Å². The van der Waals surface area contributed by atoms with Gasteiger partial charge < -0.3 is 15.1 Å². The van der Waals surface area contributed by atoms with E-state index in [-0.39, 0.29) is 17.7 Å². The molecule has 4 heteroatoms. The first kappa shape index (κ1) is 14.1. The van der Waals surface area contributed by atoms with Crippen LogP contribution in [0.2, 0.25) is 0 Å². The SMILES string of the molecule is CC[C@H]1C2C[C@H]3[C@@H]4N(C)c5ccccc5C45C[C@H](C2C5O)N3[C@@H]1O. The average Bonchev–Trinajstić information content (AvgIpc) is 2.97. The molecule has 0 amide bonds. The van der Waals surface area contributed by atoms with Gasteiger partial charge in [-0.1, -0.05) is 25.1 Å². The van der Waals surface area contributed by atoms with Crippen LogP contribution in [0.4, 0.5) is 5.69 Å². The first-order chi connectivity index (χ1) is 11.6. The third kappa shape index (κ3) is 1.20. The molecule has 1 aliphatic carbocycles. The number of likely N-dealkylation sites (N-methyl/N-ethyl adjacent to an activating group) is 1. The topological polar surface area (TPSA) is 46.9 Å². The second kappa shape index (κ2) is 4.17. The maximum Gasteiger partial charge on any atom is 0.111 e. The van der Waals surface area contributed by atoms with E-state index in [1.807, 2.05) is 0 Å². The Morgan fingerprint density at radius 2 is 2.00 bits per heavy atom. The van der Waals surface area contributed by atoms with Gasteiger partial charge in [0.1, 0.15) is 6.23 Å². The molecule has 5 bridgehead atoms. The molecular formula is C20H26N2O2. The van der Waals surface area contributed by atoms with E-state index in [2.05, 4.69) is 48.0 Å². The number of benzene rings is 1. The number of hydrogen-bond donors (Lipinski definition) is 2. The highest BCUT2D eigenvalue weighted by Crippen LogP contribution is 2.68. The van der Waals surface area contributed by atoms with Crippen molar-refractivity contribution in [3.8, 4) is 0 Å². The Labute approximate surface area is 143 Å². The van der Waals surface area contributed by atoms with Crippen LogP contribution in [-0.2, 0) is 5.41 Å². The molecular weight excluding hydrogens is 300 g/mol. The molecule has 24 heavy (non-hydrogen) atoms. The molecule has 10 atom stereocenters. The predicted octanol–water partition coefficient (Wildman–Crippen LogP) is 1.55. The van der Waals surface area contributed by atoms with Gasteiger partial charge in [0.05, 0.1) is 12.1 Å². The van der Waals surface area contributed by atoms with Crippen LogP contribution >= 0.6 is 0 Å². The van der Waals surface area contributed by atoms with Crippen molar-refractivity contribution in [1.82, 2.24) is 4.90 Å². The first-order valence-electron chi connectivity index (χ1n) is 9.57. The van der Waals surface area contributed by atoms with E-state index >= 15 is 0 Å². The van der Waals surface area contributed by atoms with Crippen molar-refractivity contribution in [3.63, 3.8) is 0 Å². The van der Waals surface area contributed by atoms with Crippen molar-refractivity contribution >= 4 is 5.69 Å². The highest BCUT2D eigenvalue weighted by molar-refractivity contribution is 5.67. The predicted molar refractivity (Wildman–Crippen MR) is 91.7 cm³/mol. The monoisotopic (exact) mass is 326 g/mol. The van der Waals surface area contributed by atoms with Gasteiger partial charge in [0.2, 0.25) is 0 Å². The molecule has 1 saturated carbocycles. The van der Waals surface area contributed by atoms with Crippen molar-refractivity contribution in [1.29, 1.82) is 0 Å². The lowest BCUT2D eigenvalue weighted by Gasteiger charge is -2.62. The largest absolute Gasteiger partial charge is 0.392 e. The average molecular weight is 326 g/mol. The minimum atomic E-state index is -0.319. The summed E-state index contributed by atoms with van der Waals surface area (Å²) in [5.41, 5.74) is 2.51. The Hall–Kier alpha value is -1.10. The molecule has 6 aliphatic rings. The molecule has 0 radical (unpaired) electrons. The molecule has 5 heterocycles. The molecule has 5 aliphatic heterocycles. The molecule has 4 nitrogen and oxygen atoms in total. The van der Waals surface area contributed by atoms with E-state index in [0.29, 0.717) is 35.9 Å². The number of hydrogen-bond acceptors (Lipinski definition) is 4. The zero-order valence-corrected chi connectivity index (χ0v) is 14.3. The van der Waals surface area contributed by atoms with Gasteiger partial charge in [-0.15, -0.1) is 0 Å². The second-order valence-corrected chi connectivity index (χ2v) is 8.81. The Balaban J connectivity index is 1.60. The van der Waals surface area contributed by atoms with Crippen molar-refractivity contribution in [2.45, 2.75) is 62.1 Å². The minimum Gasteiger partial charge on any atom is -0.392 e. The van der Waals surface area contributed by atoms with Crippen LogP contribution in [0.1, 0.15) is 31.7 Å². The summed E-state index contributed by atoms with van der Waals surface area (Å²) in [6.07, 6.45) is 2.56. The van der Waals surface area contributed by atoms with Gasteiger partial charge in [-0.05, 0) is 36.8 Å². The van der Waals surface area contributed by atoms with Gasteiger partial charge in [-0.2, -0.15) is 0 Å². The van der Waals surface area contributed by atoms with E-state index in [4.69, 9.17) is 0 Å². The van der Waals surface area contributed by atoms with Gasteiger partial charge in [0, 0.05) is 42.1 Å². The van der Waals surface area contributed by atoms with Gasteiger partial charge in [0.15, 0.2) is 0 Å². The Kier molecular flexibility index (Phi) is 2.45. The number of para-hydroxylation sites is 1. The van der Waals surface area contributed by atoms with Crippen LogP contribution in [0.25, 0.3) is 0 Å². The third-order valence-electron chi connectivity index (χ3n) is 8.46. The zero-order chi connectivity index (χ0) is 16.4. The summed E-state index contributed by atoms with van der Waals surface area (Å²) in [4.78, 5) is 4.83. The summed E-state index contributed by atoms with van der Waals surface area (Å²) in [6.45, 7) is 2.19. The number of rotatable bonds is 1. The lowest BCUT2D eigenvalue weighted by atomic mass is 9.62. The lowest BCUT2D eigenvalue weighted by molar-refractivity contribution is -0.211. The Morgan fingerprint density at radius 1 is 1.21 bits per heavy atom. The quantitative estimate of drug-likeness (QED) is 0.822. The summed E-state index contributed by atoms with van der Waals surface area (Å²) in [7, 11) is 2.19. The fourth-order valence-electron chi connectivity index (χ4n) is 7.88. The molecule has 7 rings (SSSR count). The van der Waals surface area contributed by atoms with Gasteiger partial charge in [-0.25, -0.2) is 0 Å². The van der Waals surface area contributed by atoms with Crippen molar-refractivity contribution < 1.29 is 10.2 Å². The molecule has 5 unspecified atom stereocenters. The normalized spacial score (nSPS) is 55.8. The van der Waals surface area contributed by atoms with E-state index in [1.165, 1.54) is 11.3 Å². The second-order valence-electron chi connectivity index (χ2n) is 8.81. The summed E-state index contributed by atoms with van der Waals surface area (Å²) < 4.78 is 0. The Morgan fingerprint density at radius 3 is 2.79 bits per heavy atom. The maximum absolute atomic E-state index is 11.6. The highest BCUT2D eigenvalue weighted by atomic mass is 16.3. The molecule has 1 spiro atoms. The van der Waals surface area contributed by atoms with Crippen molar-refractivity contribution in [3.05, 3.63) is 29.8 Å². The number of aliphatic hydroxyl groups excluding tert-OH is 2. The smallest absolute Gasteiger partial charge is 0.111 e. The van der Waals surface area contributed by atoms with E-state index < -0.39 is 0 Å². The van der Waals surface area contributed by atoms with Crippen molar-refractivity contribution in [2.24, 2.45) is 17.8 Å². The minimum absolute atomic E-state index is 0.126. The standard InChI is InChI=1S/C20H26N2O2/c1-3-10-11-8-14-17-20(12-6-4-5-7-13(12)21(17)2)9-15(16(11)18(20)23)22(14)19(10)24/h4-7,10-11,14-19,23-24H,3,8-9H2,1-2H3/t10-,11?,14-,15+,16?,17-,18?,19+,20?/m0/s1. The van der Waals surface area contributed by atoms with Crippen LogP contribution in [0.15, 0.2) is 24.3 Å². The fourth-order valence-corrected chi connectivity index (χ4v) is 7.88. The Bertz CT molecular complexity index is 723. The number of aliphatic hydroxyl groups is 2. The summed E-state index contributed by atoms with van der Waals surface area (Å²) in [6, 6.07) is 9.70. The third-order valence-corrected chi connectivity index (χ3v) is 8.46. The molecule has 128 valence electrons. The van der Waals surface area contributed by atoms with E-state index in [1.54, 1.807) is 0 Å². The highest BCUT2D eigenvalue weighted by Gasteiger charge is 2.76. The number of nitrogens with zero attached hydrogens (tertiary/aromatic N) is 2. The molecule has 2 N–H and O–H groups in total. The van der Waals surface area contributed by atoms with Crippen LogP contribution in [0.3, 0.4) is 0 Å². The van der Waals surface area contributed by atoms with Crippen LogP contribution in [0, 0.1) is 17.8 Å². The van der Waals surface area contributed by atoms with Crippen molar-refractivity contribution in [2.75, 3.05) is 11.9 Å². The summed E-state index contributed by atoms with van der Waals surface area (Å²) >= 11 is 0. The maximum atomic E-state index is 11.6. The summed E-state index contributed by atoms with van der Waals surface area (Å²) in [5.74, 6) is 1.14. The lowest BCUT2D eigenvalue weighted by Crippen LogP contribution is -2.72. The molecule has 0 aromatic heterocycles. The van der Waals surface area contributed by atoms with E-state index in [0.717, 1.165) is 19.3 Å².